The zero-order valence-corrected chi connectivity index (χ0v) is 17.7. The molecule has 4 rings (SSSR count). The first-order valence-corrected chi connectivity index (χ1v) is 11.6. The van der Waals surface area contributed by atoms with Gasteiger partial charge in [-0.25, -0.2) is 8.42 Å². The average molecular weight is 426 g/mol. The van der Waals surface area contributed by atoms with E-state index in [4.69, 9.17) is 0 Å². The zero-order chi connectivity index (χ0) is 21.5. The Hall–Kier alpha value is -3.13. The molecule has 0 unspecified atom stereocenters. The summed E-state index contributed by atoms with van der Waals surface area (Å²) in [4.78, 5) is 29.2. The fourth-order valence-corrected chi connectivity index (χ4v) is 5.04. The highest BCUT2D eigenvalue weighted by Crippen LogP contribution is 2.32. The van der Waals surface area contributed by atoms with Crippen LogP contribution in [0.3, 0.4) is 0 Å². The number of para-hydroxylation sites is 1. The third-order valence-electron chi connectivity index (χ3n) is 5.51. The maximum atomic E-state index is 12.9. The van der Waals surface area contributed by atoms with Crippen molar-refractivity contribution in [2.24, 2.45) is 7.05 Å². The molecule has 0 atom stereocenters. The number of carbonyl (C=O) groups is 1. The second-order valence-electron chi connectivity index (χ2n) is 7.48. The molecule has 1 aliphatic rings. The number of benzene rings is 2. The summed E-state index contributed by atoms with van der Waals surface area (Å²) < 4.78 is 26.5. The van der Waals surface area contributed by atoms with Crippen molar-refractivity contribution in [3.8, 4) is 0 Å². The van der Waals surface area contributed by atoms with Crippen molar-refractivity contribution >= 4 is 32.3 Å². The van der Waals surface area contributed by atoms with Crippen LogP contribution in [0.25, 0.3) is 10.9 Å². The Kier molecular flexibility index (Phi) is 5.11. The van der Waals surface area contributed by atoms with Crippen LogP contribution in [-0.2, 0) is 16.9 Å². The van der Waals surface area contributed by atoms with Gasteiger partial charge in [0.05, 0.1) is 11.2 Å². The Labute approximate surface area is 175 Å². The molecule has 2 heterocycles. The highest BCUT2D eigenvalue weighted by molar-refractivity contribution is 7.90. The van der Waals surface area contributed by atoms with Crippen LogP contribution < -0.4 is 10.5 Å². The van der Waals surface area contributed by atoms with Gasteiger partial charge in [-0.05, 0) is 18.2 Å². The van der Waals surface area contributed by atoms with Gasteiger partial charge < -0.3 is 14.4 Å². The minimum Gasteiger partial charge on any atom is -0.366 e. The third-order valence-corrected chi connectivity index (χ3v) is 6.62. The van der Waals surface area contributed by atoms with Crippen molar-refractivity contribution in [3.63, 3.8) is 0 Å². The molecule has 2 aromatic carbocycles. The van der Waals surface area contributed by atoms with E-state index in [2.05, 4.69) is 0 Å². The average Bonchev–Trinajstić information content (AvgIpc) is 2.75. The molecular formula is C22H23N3O4S. The summed E-state index contributed by atoms with van der Waals surface area (Å²) >= 11 is 0. The third kappa shape index (κ3) is 3.47. The standard InChI is InChI=1S/C22H23N3O4S/c1-23-18-11-7-6-10-17(18)19(20(22(23)27)30(2,28)29)24-12-14-25(15-13-24)21(26)16-8-4-3-5-9-16/h3-11H,12-15H2,1-2H3. The number of sulfone groups is 1. The first kappa shape index (κ1) is 20.2. The van der Waals surface area contributed by atoms with Crippen molar-refractivity contribution in [1.82, 2.24) is 9.47 Å². The molecule has 0 radical (unpaired) electrons. The SMILES string of the molecule is Cn1c(=O)c(S(C)(=O)=O)c(N2CCN(C(=O)c3ccccc3)CC2)c2ccccc21. The van der Waals surface area contributed by atoms with Gasteiger partial charge in [-0.2, -0.15) is 0 Å². The van der Waals surface area contributed by atoms with Gasteiger partial charge >= 0.3 is 0 Å². The van der Waals surface area contributed by atoms with Gasteiger partial charge in [0.15, 0.2) is 14.7 Å². The highest BCUT2D eigenvalue weighted by atomic mass is 32.2. The van der Waals surface area contributed by atoms with Gasteiger partial charge in [0.2, 0.25) is 0 Å². The maximum Gasteiger partial charge on any atom is 0.271 e. The molecule has 0 N–H and O–H groups in total. The minimum absolute atomic E-state index is 0.0487. The Morgan fingerprint density at radius 3 is 2.13 bits per heavy atom. The van der Waals surface area contributed by atoms with Crippen LogP contribution in [0.2, 0.25) is 0 Å². The lowest BCUT2D eigenvalue weighted by Crippen LogP contribution is -2.49. The van der Waals surface area contributed by atoms with Crippen molar-refractivity contribution < 1.29 is 13.2 Å². The molecule has 0 aliphatic carbocycles. The van der Waals surface area contributed by atoms with Crippen molar-refractivity contribution in [2.75, 3.05) is 37.3 Å². The van der Waals surface area contributed by atoms with Gasteiger partial charge in [-0.15, -0.1) is 0 Å². The Bertz CT molecular complexity index is 1270. The minimum atomic E-state index is -3.76. The number of pyridine rings is 1. The topological polar surface area (TPSA) is 79.7 Å². The molecule has 1 aliphatic heterocycles. The van der Waals surface area contributed by atoms with E-state index in [0.29, 0.717) is 48.3 Å². The van der Waals surface area contributed by atoms with Crippen LogP contribution in [0, 0.1) is 0 Å². The van der Waals surface area contributed by atoms with E-state index in [-0.39, 0.29) is 10.8 Å². The van der Waals surface area contributed by atoms with Crippen LogP contribution in [0.4, 0.5) is 5.69 Å². The largest absolute Gasteiger partial charge is 0.366 e. The number of aromatic nitrogens is 1. The van der Waals surface area contributed by atoms with Crippen LogP contribution >= 0.6 is 0 Å². The normalized spacial score (nSPS) is 14.9. The van der Waals surface area contributed by atoms with Crippen LogP contribution in [0.1, 0.15) is 10.4 Å². The second kappa shape index (κ2) is 7.60. The van der Waals surface area contributed by atoms with E-state index < -0.39 is 15.4 Å². The summed E-state index contributed by atoms with van der Waals surface area (Å²) in [5.41, 5.74) is 1.20. The number of amides is 1. The summed E-state index contributed by atoms with van der Waals surface area (Å²) in [5.74, 6) is -0.0487. The maximum absolute atomic E-state index is 12.9. The molecule has 1 amide bonds. The van der Waals surface area contributed by atoms with Gasteiger partial charge in [0.1, 0.15) is 0 Å². The van der Waals surface area contributed by atoms with Crippen molar-refractivity contribution in [2.45, 2.75) is 4.90 Å². The van der Waals surface area contributed by atoms with Crippen molar-refractivity contribution in [1.29, 1.82) is 0 Å². The molecule has 1 saturated heterocycles. The fraction of sp³-hybridized carbons (Fsp3) is 0.273. The van der Waals surface area contributed by atoms with Gasteiger partial charge in [-0.1, -0.05) is 36.4 Å². The summed E-state index contributed by atoms with van der Waals surface area (Å²) in [7, 11) is -2.17. The molecule has 30 heavy (non-hydrogen) atoms. The predicted octanol–water partition coefficient (Wildman–Crippen LogP) is 1.90. The monoisotopic (exact) mass is 425 g/mol. The summed E-state index contributed by atoms with van der Waals surface area (Å²) in [5, 5.41) is 0.711. The summed E-state index contributed by atoms with van der Waals surface area (Å²) in [6.07, 6.45) is 1.07. The highest BCUT2D eigenvalue weighted by Gasteiger charge is 2.30. The molecule has 1 fully saturated rings. The van der Waals surface area contributed by atoms with Gasteiger partial charge in [-0.3, -0.25) is 9.59 Å². The van der Waals surface area contributed by atoms with Crippen LogP contribution in [0.5, 0.6) is 0 Å². The molecule has 0 spiro atoms. The second-order valence-corrected chi connectivity index (χ2v) is 9.43. The Morgan fingerprint density at radius 2 is 1.50 bits per heavy atom. The number of anilines is 1. The smallest absolute Gasteiger partial charge is 0.271 e. The predicted molar refractivity (Wildman–Crippen MR) is 117 cm³/mol. The van der Waals surface area contributed by atoms with E-state index in [1.807, 2.05) is 47.4 Å². The lowest BCUT2D eigenvalue weighted by molar-refractivity contribution is 0.0746. The molecule has 7 nitrogen and oxygen atoms in total. The zero-order valence-electron chi connectivity index (χ0n) is 16.9. The van der Waals surface area contributed by atoms with E-state index >= 15 is 0 Å². The fourth-order valence-electron chi connectivity index (χ4n) is 4.00. The number of hydrogen-bond acceptors (Lipinski definition) is 5. The summed E-state index contributed by atoms with van der Waals surface area (Å²) in [6.45, 7) is 1.78. The van der Waals surface area contributed by atoms with Crippen molar-refractivity contribution in [3.05, 3.63) is 70.5 Å². The van der Waals surface area contributed by atoms with Gasteiger partial charge in [0.25, 0.3) is 11.5 Å². The molecular weight excluding hydrogens is 402 g/mol. The molecule has 8 heteroatoms. The number of rotatable bonds is 3. The molecule has 0 bridgehead atoms. The molecule has 3 aromatic rings. The van der Waals surface area contributed by atoms with E-state index in [1.54, 1.807) is 24.1 Å². The van der Waals surface area contributed by atoms with Crippen LogP contribution in [-0.4, -0.2) is 56.2 Å². The number of nitrogens with zero attached hydrogens (tertiary/aromatic N) is 3. The van der Waals surface area contributed by atoms with Crippen LogP contribution in [0.15, 0.2) is 64.3 Å². The number of carbonyl (C=O) groups excluding carboxylic acids is 1. The van der Waals surface area contributed by atoms with E-state index in [0.717, 1.165) is 6.26 Å². The molecule has 156 valence electrons. The molecule has 1 aromatic heterocycles. The number of hydrogen-bond donors (Lipinski definition) is 0. The number of fused-ring (bicyclic) bond motifs is 1. The van der Waals surface area contributed by atoms with E-state index in [9.17, 15) is 18.0 Å². The summed E-state index contributed by atoms with van der Waals surface area (Å²) in [6, 6.07) is 16.4. The van der Waals surface area contributed by atoms with Gasteiger partial charge in [0, 0.05) is 50.4 Å². The lowest BCUT2D eigenvalue weighted by atomic mass is 10.1. The number of piperazine rings is 1. The quantitative estimate of drug-likeness (QED) is 0.640. The Balaban J connectivity index is 1.74. The number of aryl methyl sites for hydroxylation is 1. The first-order valence-electron chi connectivity index (χ1n) is 9.70. The van der Waals surface area contributed by atoms with E-state index in [1.165, 1.54) is 4.57 Å². The lowest BCUT2D eigenvalue weighted by Gasteiger charge is -2.37. The Morgan fingerprint density at radius 1 is 0.900 bits per heavy atom. The first-order chi connectivity index (χ1) is 14.3. The molecule has 0 saturated carbocycles.